The minimum Gasteiger partial charge on any atom is -0.480 e. The molecule has 0 aromatic carbocycles. The predicted octanol–water partition coefficient (Wildman–Crippen LogP) is 1.42. The van der Waals surface area contributed by atoms with Crippen LogP contribution in [0, 0.1) is 5.92 Å². The normalized spacial score (nSPS) is 16.0. The van der Waals surface area contributed by atoms with Crippen LogP contribution in [-0.2, 0) is 14.3 Å². The van der Waals surface area contributed by atoms with Gasteiger partial charge in [-0.2, -0.15) is 0 Å². The number of hydrogen-bond donors (Lipinski definition) is 2. The van der Waals surface area contributed by atoms with Gasteiger partial charge in [-0.3, -0.25) is 4.79 Å². The predicted molar refractivity (Wildman–Crippen MR) is 64.7 cm³/mol. The number of carbonyl (C=O) groups is 2. The van der Waals surface area contributed by atoms with Crippen molar-refractivity contribution in [3.05, 3.63) is 0 Å². The van der Waals surface area contributed by atoms with Gasteiger partial charge >= 0.3 is 5.97 Å². The molecule has 0 aromatic heterocycles. The van der Waals surface area contributed by atoms with Gasteiger partial charge in [-0.25, -0.2) is 4.79 Å². The molecule has 0 saturated carbocycles. The molecular weight excluding hydrogens is 222 g/mol. The Morgan fingerprint density at radius 1 is 1.24 bits per heavy atom. The van der Waals surface area contributed by atoms with Crippen molar-refractivity contribution in [1.29, 1.82) is 0 Å². The summed E-state index contributed by atoms with van der Waals surface area (Å²) in [4.78, 5) is 22.5. The zero-order valence-corrected chi connectivity index (χ0v) is 11.0. The molecule has 1 unspecified atom stereocenters. The maximum absolute atomic E-state index is 11.5. The van der Waals surface area contributed by atoms with E-state index in [4.69, 9.17) is 9.84 Å². The number of rotatable bonds is 8. The van der Waals surface area contributed by atoms with Gasteiger partial charge in [0.1, 0.15) is 12.6 Å². The molecule has 1 amide bonds. The van der Waals surface area contributed by atoms with Crippen LogP contribution in [0.25, 0.3) is 0 Å². The van der Waals surface area contributed by atoms with Crippen LogP contribution in [0.5, 0.6) is 0 Å². The lowest BCUT2D eigenvalue weighted by Gasteiger charge is -2.20. The van der Waals surface area contributed by atoms with Gasteiger partial charge < -0.3 is 15.2 Å². The molecule has 0 aliphatic carbocycles. The number of carbonyl (C=O) groups excluding carboxylic acids is 1. The maximum atomic E-state index is 11.5. The summed E-state index contributed by atoms with van der Waals surface area (Å²) in [6.07, 6.45) is 1.53. The Morgan fingerprint density at radius 3 is 2.24 bits per heavy atom. The van der Waals surface area contributed by atoms with Crippen molar-refractivity contribution in [1.82, 2.24) is 5.32 Å². The molecule has 0 fully saturated rings. The number of ether oxygens (including phenoxy) is 1. The summed E-state index contributed by atoms with van der Waals surface area (Å²) < 4.78 is 5.24. The van der Waals surface area contributed by atoms with Crippen LogP contribution >= 0.6 is 0 Å². The average Bonchev–Trinajstić information content (AvgIpc) is 2.31. The Morgan fingerprint density at radius 2 is 1.82 bits per heavy atom. The molecule has 17 heavy (non-hydrogen) atoms. The molecule has 0 aliphatic heterocycles. The minimum atomic E-state index is -1.00. The second kappa shape index (κ2) is 8.06. The van der Waals surface area contributed by atoms with Gasteiger partial charge in [0.05, 0.1) is 6.10 Å². The fourth-order valence-electron chi connectivity index (χ4n) is 1.23. The number of carboxylic acid groups (broad SMARTS) is 1. The van der Waals surface area contributed by atoms with Crippen LogP contribution in [0.2, 0.25) is 0 Å². The highest BCUT2D eigenvalue weighted by atomic mass is 16.5. The van der Waals surface area contributed by atoms with E-state index >= 15 is 0 Å². The zero-order valence-electron chi connectivity index (χ0n) is 11.0. The van der Waals surface area contributed by atoms with E-state index in [1.54, 1.807) is 6.92 Å². The molecule has 0 spiro atoms. The lowest BCUT2D eigenvalue weighted by atomic mass is 9.99. The Hall–Kier alpha value is -1.10. The molecule has 0 aliphatic rings. The van der Waals surface area contributed by atoms with E-state index in [0.717, 1.165) is 6.42 Å². The average molecular weight is 245 g/mol. The van der Waals surface area contributed by atoms with E-state index in [1.165, 1.54) is 0 Å². The first-order valence-corrected chi connectivity index (χ1v) is 6.06. The van der Waals surface area contributed by atoms with Crippen LogP contribution in [0.3, 0.4) is 0 Å². The topological polar surface area (TPSA) is 75.6 Å². The van der Waals surface area contributed by atoms with E-state index in [2.05, 4.69) is 5.32 Å². The van der Waals surface area contributed by atoms with Gasteiger partial charge in [0.25, 0.3) is 0 Å². The van der Waals surface area contributed by atoms with Crippen molar-refractivity contribution in [3.8, 4) is 0 Å². The van der Waals surface area contributed by atoms with Crippen molar-refractivity contribution in [3.63, 3.8) is 0 Å². The van der Waals surface area contributed by atoms with Crippen LogP contribution in [0.4, 0.5) is 0 Å². The van der Waals surface area contributed by atoms with Crippen LogP contribution < -0.4 is 5.32 Å². The molecule has 5 heteroatoms. The summed E-state index contributed by atoms with van der Waals surface area (Å²) in [5.74, 6) is -1.48. The third-order valence-corrected chi connectivity index (χ3v) is 2.87. The Kier molecular flexibility index (Phi) is 7.54. The lowest BCUT2D eigenvalue weighted by Crippen LogP contribution is -2.46. The van der Waals surface area contributed by atoms with Gasteiger partial charge in [0.15, 0.2) is 0 Å². The largest absolute Gasteiger partial charge is 0.480 e. The molecule has 0 radical (unpaired) electrons. The molecular formula is C12H23NO4. The first-order valence-electron chi connectivity index (χ1n) is 6.06. The van der Waals surface area contributed by atoms with Gasteiger partial charge in [-0.05, 0) is 19.3 Å². The number of nitrogens with one attached hydrogen (secondary N) is 1. The molecule has 0 bridgehead atoms. The number of aliphatic carboxylic acids is 1. The fourth-order valence-corrected chi connectivity index (χ4v) is 1.23. The second-order valence-electron chi connectivity index (χ2n) is 4.30. The molecule has 3 atom stereocenters. The van der Waals surface area contributed by atoms with Crippen molar-refractivity contribution in [2.75, 3.05) is 6.61 Å². The van der Waals surface area contributed by atoms with Gasteiger partial charge in [-0.1, -0.05) is 27.2 Å². The minimum absolute atomic E-state index is 0.00706. The lowest BCUT2D eigenvalue weighted by molar-refractivity contribution is -0.144. The third kappa shape index (κ3) is 6.26. The molecule has 0 aromatic rings. The van der Waals surface area contributed by atoms with E-state index in [9.17, 15) is 9.59 Å². The summed E-state index contributed by atoms with van der Waals surface area (Å²) in [6.45, 7) is 7.44. The molecule has 100 valence electrons. The number of amides is 1. The monoisotopic (exact) mass is 245 g/mol. The van der Waals surface area contributed by atoms with Crippen molar-refractivity contribution in [2.24, 2.45) is 5.92 Å². The highest BCUT2D eigenvalue weighted by molar-refractivity contribution is 5.84. The molecule has 0 rings (SSSR count). The maximum Gasteiger partial charge on any atom is 0.326 e. The summed E-state index contributed by atoms with van der Waals surface area (Å²) >= 11 is 0. The Bertz CT molecular complexity index is 255. The van der Waals surface area contributed by atoms with Crippen LogP contribution in [-0.4, -0.2) is 35.7 Å². The number of hydrogen-bond acceptors (Lipinski definition) is 3. The van der Waals surface area contributed by atoms with Gasteiger partial charge in [-0.15, -0.1) is 0 Å². The first-order chi connectivity index (χ1) is 7.92. The van der Waals surface area contributed by atoms with E-state index < -0.39 is 12.0 Å². The first kappa shape index (κ1) is 15.9. The van der Waals surface area contributed by atoms with E-state index in [-0.39, 0.29) is 24.5 Å². The summed E-state index contributed by atoms with van der Waals surface area (Å²) in [6, 6.07) is -0.840. The fraction of sp³-hybridized carbons (Fsp3) is 0.833. The number of carboxylic acids is 1. The van der Waals surface area contributed by atoms with Crippen molar-refractivity contribution in [2.45, 2.75) is 52.7 Å². The van der Waals surface area contributed by atoms with Gasteiger partial charge in [0.2, 0.25) is 5.91 Å². The van der Waals surface area contributed by atoms with E-state index in [0.29, 0.717) is 6.42 Å². The smallest absolute Gasteiger partial charge is 0.326 e. The van der Waals surface area contributed by atoms with Gasteiger partial charge in [0, 0.05) is 0 Å². The molecule has 2 N–H and O–H groups in total. The Balaban J connectivity index is 4.18. The Labute approximate surface area is 103 Å². The third-order valence-electron chi connectivity index (χ3n) is 2.87. The van der Waals surface area contributed by atoms with Crippen LogP contribution in [0.1, 0.15) is 40.5 Å². The highest BCUT2D eigenvalue weighted by Gasteiger charge is 2.25. The molecule has 0 saturated heterocycles. The summed E-state index contributed by atoms with van der Waals surface area (Å²) in [5, 5.41) is 11.5. The highest BCUT2D eigenvalue weighted by Crippen LogP contribution is 2.07. The molecule has 5 nitrogen and oxygen atoms in total. The zero-order chi connectivity index (χ0) is 13.4. The summed E-state index contributed by atoms with van der Waals surface area (Å²) in [5.41, 5.74) is 0. The quantitative estimate of drug-likeness (QED) is 0.678. The summed E-state index contributed by atoms with van der Waals surface area (Å²) in [7, 11) is 0. The van der Waals surface area contributed by atoms with Crippen molar-refractivity contribution < 1.29 is 19.4 Å². The van der Waals surface area contributed by atoms with Crippen molar-refractivity contribution >= 4 is 11.9 Å². The van der Waals surface area contributed by atoms with E-state index in [1.807, 2.05) is 20.8 Å². The van der Waals surface area contributed by atoms with Crippen LogP contribution in [0.15, 0.2) is 0 Å². The second-order valence-corrected chi connectivity index (χ2v) is 4.30. The SMILES string of the molecule is CCC(C)OCC(=O)N[C@H](C(=O)O)[C@@H](C)CC. The standard InChI is InChI=1S/C12H23NO4/c1-5-8(3)11(12(15)16)13-10(14)7-17-9(4)6-2/h8-9,11H,5-7H2,1-4H3,(H,13,14)(H,15,16)/t8-,9?,11-/m0/s1. The molecule has 0 heterocycles.